The lowest BCUT2D eigenvalue weighted by molar-refractivity contribution is -0.142. The second-order valence-electron chi connectivity index (χ2n) is 8.12. The van der Waals surface area contributed by atoms with E-state index in [0.29, 0.717) is 43.9 Å². The van der Waals surface area contributed by atoms with E-state index in [1.807, 2.05) is 24.6 Å². The maximum Gasteiger partial charge on any atom is 0.433 e. The van der Waals surface area contributed by atoms with E-state index in [4.69, 9.17) is 0 Å². The van der Waals surface area contributed by atoms with Gasteiger partial charge in [0.1, 0.15) is 11.5 Å². The van der Waals surface area contributed by atoms with Gasteiger partial charge in [-0.15, -0.1) is 0 Å². The van der Waals surface area contributed by atoms with Gasteiger partial charge in [0.25, 0.3) is 0 Å². The first kappa shape index (κ1) is 21.3. The SMILES string of the molecule is CCc1cc(C(F)(F)F)n2nc([C@H]3CCN(C(=O)[C@H](C)Cn4ccnc4C)C3)cc2n1. The summed E-state index contributed by atoms with van der Waals surface area (Å²) in [6.07, 6.45) is 0.0921. The van der Waals surface area contributed by atoms with Crippen LogP contribution in [0.25, 0.3) is 5.65 Å². The number of aryl methyl sites for hydroxylation is 2. The highest BCUT2D eigenvalue weighted by atomic mass is 19.4. The molecule has 0 N–H and O–H groups in total. The summed E-state index contributed by atoms with van der Waals surface area (Å²) >= 11 is 0. The molecule has 0 saturated carbocycles. The minimum absolute atomic E-state index is 0.0294. The molecule has 2 atom stereocenters. The largest absolute Gasteiger partial charge is 0.433 e. The van der Waals surface area contributed by atoms with Crippen molar-refractivity contribution in [3.8, 4) is 0 Å². The lowest BCUT2D eigenvalue weighted by Crippen LogP contribution is -2.35. The molecule has 0 unspecified atom stereocenters. The summed E-state index contributed by atoms with van der Waals surface area (Å²) in [6.45, 7) is 7.08. The fourth-order valence-corrected chi connectivity index (χ4v) is 4.11. The van der Waals surface area contributed by atoms with Gasteiger partial charge in [0.2, 0.25) is 5.91 Å². The topological polar surface area (TPSA) is 68.3 Å². The number of carbonyl (C=O) groups is 1. The second-order valence-corrected chi connectivity index (χ2v) is 8.12. The number of amides is 1. The normalized spacial score (nSPS) is 18.1. The third kappa shape index (κ3) is 4.15. The third-order valence-corrected chi connectivity index (χ3v) is 5.89. The van der Waals surface area contributed by atoms with Crippen molar-refractivity contribution in [2.24, 2.45) is 5.92 Å². The standard InChI is InChI=1S/C21H25F3N6O/c1-4-16-9-18(21(22,23)24)30-19(26-16)10-17(27-30)15-5-7-29(12-15)20(31)13(2)11-28-8-6-25-14(28)3/h6,8-10,13,15H,4-5,7,11-12H2,1-3H3/t13-,15+/m1/s1. The summed E-state index contributed by atoms with van der Waals surface area (Å²) in [7, 11) is 0. The van der Waals surface area contributed by atoms with Crippen LogP contribution in [-0.2, 0) is 23.9 Å². The molecule has 0 radical (unpaired) electrons. The molecule has 1 amide bonds. The van der Waals surface area contributed by atoms with E-state index < -0.39 is 11.9 Å². The van der Waals surface area contributed by atoms with E-state index >= 15 is 0 Å². The lowest BCUT2D eigenvalue weighted by Gasteiger charge is -2.21. The van der Waals surface area contributed by atoms with Gasteiger partial charge in [-0.05, 0) is 25.8 Å². The van der Waals surface area contributed by atoms with Crippen LogP contribution < -0.4 is 0 Å². The number of halogens is 3. The van der Waals surface area contributed by atoms with Crippen molar-refractivity contribution in [2.45, 2.75) is 52.3 Å². The molecule has 1 aliphatic rings. The Hall–Kier alpha value is -2.91. The number of imidazole rings is 1. The third-order valence-electron chi connectivity index (χ3n) is 5.89. The van der Waals surface area contributed by atoms with E-state index in [1.165, 1.54) is 0 Å². The molecule has 31 heavy (non-hydrogen) atoms. The Bertz CT molecular complexity index is 1100. The lowest BCUT2D eigenvalue weighted by atomic mass is 10.1. The molecule has 4 rings (SSSR count). The molecule has 166 valence electrons. The van der Waals surface area contributed by atoms with Crippen LogP contribution >= 0.6 is 0 Å². The smallest absolute Gasteiger partial charge is 0.342 e. The van der Waals surface area contributed by atoms with Crippen LogP contribution in [-0.4, -0.2) is 48.0 Å². The highest BCUT2D eigenvalue weighted by Gasteiger charge is 2.36. The van der Waals surface area contributed by atoms with Crippen LogP contribution in [0.4, 0.5) is 13.2 Å². The number of nitrogens with zero attached hydrogens (tertiary/aromatic N) is 6. The Kier molecular flexibility index (Phi) is 5.49. The molecule has 10 heteroatoms. The van der Waals surface area contributed by atoms with Gasteiger partial charge in [-0.2, -0.15) is 18.3 Å². The summed E-state index contributed by atoms with van der Waals surface area (Å²) in [6, 6.07) is 2.67. The molecule has 0 bridgehead atoms. The van der Waals surface area contributed by atoms with Crippen molar-refractivity contribution in [3.63, 3.8) is 0 Å². The van der Waals surface area contributed by atoms with Crippen molar-refractivity contribution in [2.75, 3.05) is 13.1 Å². The maximum absolute atomic E-state index is 13.5. The Morgan fingerprint density at radius 3 is 2.74 bits per heavy atom. The van der Waals surface area contributed by atoms with E-state index in [-0.39, 0.29) is 23.4 Å². The van der Waals surface area contributed by atoms with E-state index in [0.717, 1.165) is 16.4 Å². The number of likely N-dealkylation sites (tertiary alicyclic amines) is 1. The molecule has 0 aromatic carbocycles. The van der Waals surface area contributed by atoms with Gasteiger partial charge in [-0.3, -0.25) is 4.79 Å². The number of fused-ring (bicyclic) bond motifs is 1. The van der Waals surface area contributed by atoms with Crippen molar-refractivity contribution in [1.82, 2.24) is 29.0 Å². The van der Waals surface area contributed by atoms with Crippen LogP contribution in [0.15, 0.2) is 24.5 Å². The quantitative estimate of drug-likeness (QED) is 0.617. The minimum atomic E-state index is -4.52. The Balaban J connectivity index is 1.52. The molecule has 3 aromatic rings. The number of carbonyl (C=O) groups excluding carboxylic acids is 1. The van der Waals surface area contributed by atoms with Gasteiger partial charge >= 0.3 is 6.18 Å². The first-order valence-corrected chi connectivity index (χ1v) is 10.4. The van der Waals surface area contributed by atoms with Gasteiger partial charge < -0.3 is 9.47 Å². The number of alkyl halides is 3. The maximum atomic E-state index is 13.5. The molecule has 4 heterocycles. The van der Waals surface area contributed by atoms with Gasteiger partial charge in [0.15, 0.2) is 5.65 Å². The number of aromatic nitrogens is 5. The Labute approximate surface area is 177 Å². The van der Waals surface area contributed by atoms with Crippen molar-refractivity contribution < 1.29 is 18.0 Å². The van der Waals surface area contributed by atoms with Crippen molar-refractivity contribution >= 4 is 11.6 Å². The predicted octanol–water partition coefficient (Wildman–Crippen LogP) is 3.47. The first-order valence-electron chi connectivity index (χ1n) is 10.4. The van der Waals surface area contributed by atoms with Crippen molar-refractivity contribution in [1.29, 1.82) is 0 Å². The summed E-state index contributed by atoms with van der Waals surface area (Å²) in [5.41, 5.74) is 0.282. The van der Waals surface area contributed by atoms with Crippen LogP contribution in [0, 0.1) is 12.8 Å². The van der Waals surface area contributed by atoms with Crippen LogP contribution in [0.5, 0.6) is 0 Å². The summed E-state index contributed by atoms with van der Waals surface area (Å²) in [5, 5.41) is 4.23. The molecule has 1 saturated heterocycles. The molecule has 0 aliphatic carbocycles. The Morgan fingerprint density at radius 2 is 2.10 bits per heavy atom. The molecule has 7 nitrogen and oxygen atoms in total. The van der Waals surface area contributed by atoms with E-state index in [9.17, 15) is 18.0 Å². The molecule has 0 spiro atoms. The van der Waals surface area contributed by atoms with Gasteiger partial charge in [-0.25, -0.2) is 14.5 Å². The zero-order valence-electron chi connectivity index (χ0n) is 17.7. The molecular formula is C21H25F3N6O. The second kappa shape index (κ2) is 7.97. The number of rotatable bonds is 5. The molecule has 1 fully saturated rings. The average molecular weight is 434 g/mol. The fraction of sp³-hybridized carbons (Fsp3) is 0.524. The predicted molar refractivity (Wildman–Crippen MR) is 107 cm³/mol. The van der Waals surface area contributed by atoms with Crippen LogP contribution in [0.2, 0.25) is 0 Å². The summed E-state index contributed by atoms with van der Waals surface area (Å²) in [4.78, 5) is 23.2. The highest BCUT2D eigenvalue weighted by Crippen LogP contribution is 2.32. The average Bonchev–Trinajstić information content (AvgIpc) is 3.45. The summed E-state index contributed by atoms with van der Waals surface area (Å²) in [5.74, 6) is 0.544. The molecule has 1 aliphatic heterocycles. The zero-order chi connectivity index (χ0) is 22.3. The monoisotopic (exact) mass is 434 g/mol. The van der Waals surface area contributed by atoms with Gasteiger partial charge in [0.05, 0.1) is 11.6 Å². The van der Waals surface area contributed by atoms with Crippen molar-refractivity contribution in [3.05, 3.63) is 47.4 Å². The minimum Gasteiger partial charge on any atom is -0.342 e. The Morgan fingerprint density at radius 1 is 1.32 bits per heavy atom. The fourth-order valence-electron chi connectivity index (χ4n) is 4.11. The van der Waals surface area contributed by atoms with Gasteiger partial charge in [-0.1, -0.05) is 13.8 Å². The number of hydrogen-bond donors (Lipinski definition) is 0. The zero-order valence-corrected chi connectivity index (χ0v) is 17.7. The highest BCUT2D eigenvalue weighted by molar-refractivity contribution is 5.78. The summed E-state index contributed by atoms with van der Waals surface area (Å²) < 4.78 is 43.4. The van der Waals surface area contributed by atoms with Gasteiger partial charge in [0, 0.05) is 49.7 Å². The molecular weight excluding hydrogens is 409 g/mol. The number of hydrogen-bond acceptors (Lipinski definition) is 4. The molecule has 3 aromatic heterocycles. The first-order chi connectivity index (χ1) is 14.7. The van der Waals surface area contributed by atoms with Crippen LogP contribution in [0.1, 0.15) is 49.1 Å². The van der Waals surface area contributed by atoms with Crippen LogP contribution in [0.3, 0.4) is 0 Å². The van der Waals surface area contributed by atoms with E-state index in [1.54, 1.807) is 24.1 Å². The van der Waals surface area contributed by atoms with E-state index in [2.05, 4.69) is 15.1 Å².